The monoisotopic (exact) mass is 250 g/mol. The van der Waals surface area contributed by atoms with Crippen molar-refractivity contribution in [2.45, 2.75) is 40.2 Å². The van der Waals surface area contributed by atoms with Crippen LogP contribution in [0.25, 0.3) is 0 Å². The molecule has 0 heterocycles. The average Bonchev–Trinajstić information content (AvgIpc) is 2.26. The van der Waals surface area contributed by atoms with Gasteiger partial charge in [0.15, 0.2) is 17.3 Å². The molecule has 1 aromatic rings. The third-order valence-corrected chi connectivity index (χ3v) is 2.39. The van der Waals surface area contributed by atoms with Crippen molar-refractivity contribution in [2.24, 2.45) is 5.92 Å². The molecule has 3 nitrogen and oxygen atoms in total. The lowest BCUT2D eigenvalue weighted by Crippen LogP contribution is -2.23. The Kier molecular flexibility index (Phi) is 4.38. The molecule has 0 saturated heterocycles. The van der Waals surface area contributed by atoms with Crippen LogP contribution in [0.2, 0.25) is 0 Å². The van der Waals surface area contributed by atoms with Gasteiger partial charge in [0.1, 0.15) is 5.60 Å². The molecule has 100 valence electrons. The third kappa shape index (κ3) is 3.76. The van der Waals surface area contributed by atoms with Gasteiger partial charge in [0.2, 0.25) is 0 Å². The normalized spacial score (nSPS) is 11.5. The van der Waals surface area contributed by atoms with E-state index in [2.05, 4.69) is 0 Å². The molecule has 0 unspecified atom stereocenters. The summed E-state index contributed by atoms with van der Waals surface area (Å²) in [6.07, 6.45) is 0. The zero-order valence-electron chi connectivity index (χ0n) is 12.0. The number of hydrogen-bond donors (Lipinski definition) is 0. The Morgan fingerprint density at radius 3 is 2.22 bits per heavy atom. The summed E-state index contributed by atoms with van der Waals surface area (Å²) < 4.78 is 11.1. The Hall–Kier alpha value is -1.51. The molecule has 18 heavy (non-hydrogen) atoms. The Morgan fingerprint density at radius 1 is 1.17 bits per heavy atom. The van der Waals surface area contributed by atoms with E-state index in [4.69, 9.17) is 9.47 Å². The molecule has 0 radical (unpaired) electrons. The highest BCUT2D eigenvalue weighted by molar-refractivity contribution is 5.98. The van der Waals surface area contributed by atoms with Crippen LogP contribution in [0.4, 0.5) is 0 Å². The minimum atomic E-state index is -0.295. The van der Waals surface area contributed by atoms with E-state index in [0.29, 0.717) is 17.1 Å². The summed E-state index contributed by atoms with van der Waals surface area (Å²) in [5.74, 6) is 1.33. The van der Waals surface area contributed by atoms with Crippen LogP contribution >= 0.6 is 0 Å². The first kappa shape index (κ1) is 14.6. The fraction of sp³-hybridized carbons (Fsp3) is 0.533. The molecule has 0 aliphatic carbocycles. The van der Waals surface area contributed by atoms with Crippen LogP contribution in [0.15, 0.2) is 18.2 Å². The van der Waals surface area contributed by atoms with Gasteiger partial charge in [-0.15, -0.1) is 0 Å². The topological polar surface area (TPSA) is 35.5 Å². The van der Waals surface area contributed by atoms with Crippen LogP contribution in [0.5, 0.6) is 11.5 Å². The van der Waals surface area contributed by atoms with Crippen LogP contribution in [0.3, 0.4) is 0 Å². The van der Waals surface area contributed by atoms with Gasteiger partial charge in [0.25, 0.3) is 0 Å². The zero-order valence-corrected chi connectivity index (χ0v) is 12.0. The van der Waals surface area contributed by atoms with Gasteiger partial charge >= 0.3 is 0 Å². The summed E-state index contributed by atoms with van der Waals surface area (Å²) in [7, 11) is 1.58. The van der Waals surface area contributed by atoms with Gasteiger partial charge in [-0.25, -0.2) is 0 Å². The van der Waals surface area contributed by atoms with E-state index in [-0.39, 0.29) is 17.3 Å². The molecule has 0 aromatic heterocycles. The lowest BCUT2D eigenvalue weighted by molar-refractivity contribution is 0.0938. The molecule has 0 N–H and O–H groups in total. The number of Topliss-reactive ketones (excluding diaryl/α,β-unsaturated/α-hetero) is 1. The van der Waals surface area contributed by atoms with E-state index < -0.39 is 0 Å². The maximum atomic E-state index is 11.9. The molecule has 3 heteroatoms. The second kappa shape index (κ2) is 5.42. The Bertz CT molecular complexity index is 428. The van der Waals surface area contributed by atoms with Crippen molar-refractivity contribution < 1.29 is 14.3 Å². The van der Waals surface area contributed by atoms with Gasteiger partial charge in [0, 0.05) is 11.5 Å². The highest BCUT2D eigenvalue weighted by Crippen LogP contribution is 2.31. The van der Waals surface area contributed by atoms with E-state index in [1.165, 1.54) is 0 Å². The molecule has 0 spiro atoms. The maximum Gasteiger partial charge on any atom is 0.165 e. The van der Waals surface area contributed by atoms with E-state index in [1.54, 1.807) is 25.3 Å². The van der Waals surface area contributed by atoms with Gasteiger partial charge in [-0.1, -0.05) is 13.8 Å². The van der Waals surface area contributed by atoms with Gasteiger partial charge in [-0.05, 0) is 39.0 Å². The van der Waals surface area contributed by atoms with Crippen molar-refractivity contribution in [3.63, 3.8) is 0 Å². The molecule has 1 rings (SSSR count). The summed E-state index contributed by atoms with van der Waals surface area (Å²) in [6.45, 7) is 9.68. The van der Waals surface area contributed by atoms with E-state index in [1.807, 2.05) is 34.6 Å². The number of methoxy groups -OCH3 is 1. The fourth-order valence-electron chi connectivity index (χ4n) is 1.57. The number of carbonyl (C=O) groups excluding carboxylic acids is 1. The molecule has 0 bridgehead atoms. The molecule has 0 atom stereocenters. The number of rotatable bonds is 4. The summed E-state index contributed by atoms with van der Waals surface area (Å²) in [6, 6.07) is 5.31. The quantitative estimate of drug-likeness (QED) is 0.764. The lowest BCUT2D eigenvalue weighted by Gasteiger charge is -2.23. The first-order chi connectivity index (χ1) is 8.24. The minimum Gasteiger partial charge on any atom is -0.493 e. The smallest absolute Gasteiger partial charge is 0.165 e. The molecule has 0 fully saturated rings. The van der Waals surface area contributed by atoms with Crippen molar-refractivity contribution in [1.29, 1.82) is 0 Å². The Labute approximate surface area is 109 Å². The van der Waals surface area contributed by atoms with Crippen molar-refractivity contribution >= 4 is 5.78 Å². The average molecular weight is 250 g/mol. The van der Waals surface area contributed by atoms with Crippen LogP contribution < -0.4 is 9.47 Å². The predicted octanol–water partition coefficient (Wildman–Crippen LogP) is 3.71. The van der Waals surface area contributed by atoms with Crippen molar-refractivity contribution in [2.75, 3.05) is 7.11 Å². The highest BCUT2D eigenvalue weighted by atomic mass is 16.5. The Balaban J connectivity index is 3.08. The standard InChI is InChI=1S/C15H22O3/c1-10(2)14(16)11-7-8-12(13(9-11)17-6)18-15(3,4)5/h7-10H,1-6H3. The van der Waals surface area contributed by atoms with Crippen LogP contribution in [0.1, 0.15) is 45.0 Å². The van der Waals surface area contributed by atoms with Gasteiger partial charge in [-0.3, -0.25) is 4.79 Å². The number of carbonyl (C=O) groups is 1. The second-order valence-corrected chi connectivity index (χ2v) is 5.60. The molecular formula is C15H22O3. The number of benzene rings is 1. The van der Waals surface area contributed by atoms with Crippen molar-refractivity contribution in [3.8, 4) is 11.5 Å². The number of hydrogen-bond acceptors (Lipinski definition) is 3. The lowest BCUT2D eigenvalue weighted by atomic mass is 10.0. The first-order valence-electron chi connectivity index (χ1n) is 6.16. The zero-order chi connectivity index (χ0) is 13.9. The van der Waals surface area contributed by atoms with E-state index in [0.717, 1.165) is 0 Å². The SMILES string of the molecule is COc1cc(C(=O)C(C)C)ccc1OC(C)(C)C. The summed E-state index contributed by atoms with van der Waals surface area (Å²) in [5, 5.41) is 0. The van der Waals surface area contributed by atoms with Crippen LogP contribution in [-0.2, 0) is 0 Å². The molecule has 0 amide bonds. The predicted molar refractivity (Wildman–Crippen MR) is 72.5 cm³/mol. The number of ketones is 1. The van der Waals surface area contributed by atoms with Crippen LogP contribution in [-0.4, -0.2) is 18.5 Å². The molecule has 1 aromatic carbocycles. The largest absolute Gasteiger partial charge is 0.493 e. The molecular weight excluding hydrogens is 228 g/mol. The van der Waals surface area contributed by atoms with Gasteiger partial charge in [0.05, 0.1) is 7.11 Å². The summed E-state index contributed by atoms with van der Waals surface area (Å²) >= 11 is 0. The van der Waals surface area contributed by atoms with Gasteiger partial charge in [-0.2, -0.15) is 0 Å². The summed E-state index contributed by atoms with van der Waals surface area (Å²) in [5.41, 5.74) is 0.361. The Morgan fingerprint density at radius 2 is 1.78 bits per heavy atom. The maximum absolute atomic E-state index is 11.9. The van der Waals surface area contributed by atoms with Crippen LogP contribution in [0, 0.1) is 5.92 Å². The second-order valence-electron chi connectivity index (χ2n) is 5.60. The highest BCUT2D eigenvalue weighted by Gasteiger charge is 2.18. The number of ether oxygens (including phenoxy) is 2. The van der Waals surface area contributed by atoms with E-state index >= 15 is 0 Å². The molecule has 0 saturated carbocycles. The first-order valence-corrected chi connectivity index (χ1v) is 6.16. The van der Waals surface area contributed by atoms with Crippen molar-refractivity contribution in [1.82, 2.24) is 0 Å². The molecule has 0 aliphatic heterocycles. The van der Waals surface area contributed by atoms with Gasteiger partial charge < -0.3 is 9.47 Å². The van der Waals surface area contributed by atoms with E-state index in [9.17, 15) is 4.79 Å². The van der Waals surface area contributed by atoms with Crippen molar-refractivity contribution in [3.05, 3.63) is 23.8 Å². The third-order valence-electron chi connectivity index (χ3n) is 2.39. The fourth-order valence-corrected chi connectivity index (χ4v) is 1.57. The molecule has 0 aliphatic rings. The summed E-state index contributed by atoms with van der Waals surface area (Å²) in [4.78, 5) is 11.9. The minimum absolute atomic E-state index is 0.0240.